The second kappa shape index (κ2) is 6.27. The fourth-order valence-corrected chi connectivity index (χ4v) is 4.28. The maximum Gasteiger partial charge on any atom is 0.258 e. The van der Waals surface area contributed by atoms with Crippen molar-refractivity contribution in [1.29, 1.82) is 5.26 Å². The number of hydrogen-bond donors (Lipinski definition) is 1. The molecule has 1 fully saturated rings. The van der Waals surface area contributed by atoms with Crippen LogP contribution in [0, 0.1) is 23.1 Å². The molecule has 5 rings (SSSR count). The summed E-state index contributed by atoms with van der Waals surface area (Å²) >= 11 is 0. The van der Waals surface area contributed by atoms with Gasteiger partial charge in [-0.25, -0.2) is 14.4 Å². The number of aryl methyl sites for hydroxylation is 1. The van der Waals surface area contributed by atoms with Crippen molar-refractivity contribution >= 4 is 5.82 Å². The molecule has 8 heteroatoms. The van der Waals surface area contributed by atoms with Crippen LogP contribution < -0.4 is 10.5 Å². The Kier molecular flexibility index (Phi) is 3.81. The zero-order valence-corrected chi connectivity index (χ0v) is 16.1. The average Bonchev–Trinajstić information content (AvgIpc) is 3.37. The number of rotatable bonds is 0. The first kappa shape index (κ1) is 17.6. The van der Waals surface area contributed by atoms with Gasteiger partial charge >= 0.3 is 0 Å². The van der Waals surface area contributed by atoms with Gasteiger partial charge in [0.05, 0.1) is 23.1 Å². The van der Waals surface area contributed by atoms with Gasteiger partial charge < -0.3 is 10.5 Å². The quantitative estimate of drug-likeness (QED) is 0.632. The molecule has 1 aliphatic heterocycles. The van der Waals surface area contributed by atoms with Gasteiger partial charge in [-0.3, -0.25) is 4.68 Å². The molecular weight excluding hydrogens is 371 g/mol. The number of benzene rings is 1. The number of halogens is 1. The fraction of sp³-hybridized carbons (Fsp3) is 0.333. The maximum atomic E-state index is 14.0. The Bertz CT molecular complexity index is 1180. The van der Waals surface area contributed by atoms with Crippen molar-refractivity contribution in [2.24, 2.45) is 13.0 Å². The summed E-state index contributed by atoms with van der Waals surface area (Å²) < 4.78 is 21.6. The van der Waals surface area contributed by atoms with Crippen molar-refractivity contribution < 1.29 is 9.13 Å². The van der Waals surface area contributed by atoms with Crippen LogP contribution in [-0.2, 0) is 13.5 Å². The molecule has 0 spiro atoms. The Morgan fingerprint density at radius 2 is 2.17 bits per heavy atom. The van der Waals surface area contributed by atoms with E-state index in [4.69, 9.17) is 10.5 Å². The zero-order chi connectivity index (χ0) is 20.3. The van der Waals surface area contributed by atoms with E-state index in [1.807, 2.05) is 13.0 Å². The molecule has 2 bridgehead atoms. The molecule has 3 heterocycles. The van der Waals surface area contributed by atoms with E-state index in [0.29, 0.717) is 35.2 Å². The Morgan fingerprint density at radius 1 is 1.34 bits per heavy atom. The van der Waals surface area contributed by atoms with Crippen molar-refractivity contribution in [2.45, 2.75) is 31.8 Å². The third-order valence-electron chi connectivity index (χ3n) is 5.80. The van der Waals surface area contributed by atoms with E-state index in [-0.39, 0.29) is 17.5 Å². The predicted molar refractivity (Wildman–Crippen MR) is 103 cm³/mol. The summed E-state index contributed by atoms with van der Waals surface area (Å²) in [7, 11) is 1.75. The third kappa shape index (κ3) is 2.81. The van der Waals surface area contributed by atoms with Crippen molar-refractivity contribution in [3.63, 3.8) is 0 Å². The van der Waals surface area contributed by atoms with Gasteiger partial charge in [-0.2, -0.15) is 10.4 Å². The van der Waals surface area contributed by atoms with E-state index < -0.39 is 6.10 Å². The van der Waals surface area contributed by atoms with E-state index in [1.165, 1.54) is 18.3 Å². The number of fused-ring (bicyclic) bond motifs is 7. The molecule has 1 aliphatic carbocycles. The molecule has 3 atom stereocenters. The third-order valence-corrected chi connectivity index (χ3v) is 5.80. The van der Waals surface area contributed by atoms with Crippen LogP contribution in [0.5, 0.6) is 5.88 Å². The van der Waals surface area contributed by atoms with Gasteiger partial charge in [0, 0.05) is 7.05 Å². The van der Waals surface area contributed by atoms with E-state index in [2.05, 4.69) is 21.1 Å². The first-order valence-corrected chi connectivity index (χ1v) is 9.51. The highest BCUT2D eigenvalue weighted by molar-refractivity contribution is 5.69. The predicted octanol–water partition coefficient (Wildman–Crippen LogP) is 3.27. The highest BCUT2D eigenvalue weighted by atomic mass is 19.1. The molecule has 2 aromatic heterocycles. The summed E-state index contributed by atoms with van der Waals surface area (Å²) in [6.45, 7) is 1.85. The molecule has 0 amide bonds. The second-order valence-corrected chi connectivity index (χ2v) is 7.69. The van der Waals surface area contributed by atoms with Crippen LogP contribution in [0.15, 0.2) is 24.4 Å². The van der Waals surface area contributed by atoms with Crippen LogP contribution in [-0.4, -0.2) is 19.7 Å². The van der Waals surface area contributed by atoms with Crippen LogP contribution in [0.1, 0.15) is 47.9 Å². The Morgan fingerprint density at radius 3 is 2.97 bits per heavy atom. The number of nitrogens with zero attached hydrogens (tertiary/aromatic N) is 5. The minimum Gasteiger partial charge on any atom is -0.467 e. The molecule has 0 radical (unpaired) electrons. The molecule has 2 N–H and O–H groups in total. The Hall–Kier alpha value is -3.47. The number of ether oxygens (including phenoxy) is 1. The Balaban J connectivity index is 1.72. The molecule has 1 aromatic carbocycles. The van der Waals surface area contributed by atoms with E-state index in [9.17, 15) is 9.65 Å². The largest absolute Gasteiger partial charge is 0.467 e. The van der Waals surface area contributed by atoms with E-state index in [1.54, 1.807) is 11.7 Å². The van der Waals surface area contributed by atoms with Crippen molar-refractivity contribution in [3.8, 4) is 23.2 Å². The lowest BCUT2D eigenvalue weighted by Crippen LogP contribution is -2.11. The van der Waals surface area contributed by atoms with Gasteiger partial charge in [0.25, 0.3) is 5.88 Å². The van der Waals surface area contributed by atoms with Crippen LogP contribution in [0.2, 0.25) is 0 Å². The molecule has 7 nitrogen and oxygen atoms in total. The van der Waals surface area contributed by atoms with Crippen LogP contribution in [0.4, 0.5) is 10.2 Å². The van der Waals surface area contributed by atoms with Gasteiger partial charge in [0.2, 0.25) is 0 Å². The first-order valence-electron chi connectivity index (χ1n) is 9.51. The molecule has 0 saturated heterocycles. The first-order chi connectivity index (χ1) is 14.0. The molecule has 1 saturated carbocycles. The monoisotopic (exact) mass is 390 g/mol. The summed E-state index contributed by atoms with van der Waals surface area (Å²) in [5, 5.41) is 14.2. The smallest absolute Gasteiger partial charge is 0.258 e. The molecule has 146 valence electrons. The minimum absolute atomic E-state index is 0.142. The molecule has 2 aliphatic rings. The van der Waals surface area contributed by atoms with Crippen molar-refractivity contribution in [1.82, 2.24) is 19.7 Å². The number of aromatic nitrogens is 4. The van der Waals surface area contributed by atoms with Crippen LogP contribution in [0.3, 0.4) is 0 Å². The number of nitriles is 1. The van der Waals surface area contributed by atoms with E-state index >= 15 is 0 Å². The van der Waals surface area contributed by atoms with Gasteiger partial charge in [-0.1, -0.05) is 6.07 Å². The molecular formula is C21H19FN6O. The highest BCUT2D eigenvalue weighted by Gasteiger charge is 2.42. The number of nitrogens with two attached hydrogens (primary N) is 1. The number of hydrogen-bond acceptors (Lipinski definition) is 6. The maximum absolute atomic E-state index is 14.0. The van der Waals surface area contributed by atoms with Gasteiger partial charge in [-0.15, -0.1) is 0 Å². The lowest BCUT2D eigenvalue weighted by Gasteiger charge is -2.20. The van der Waals surface area contributed by atoms with E-state index in [0.717, 1.165) is 23.2 Å². The number of nitrogen functional groups attached to an aromatic ring is 1. The van der Waals surface area contributed by atoms with Crippen LogP contribution in [0.25, 0.3) is 11.3 Å². The summed E-state index contributed by atoms with van der Waals surface area (Å²) in [4.78, 5) is 8.76. The summed E-state index contributed by atoms with van der Waals surface area (Å²) in [6, 6.07) is 7.07. The second-order valence-electron chi connectivity index (χ2n) is 7.69. The van der Waals surface area contributed by atoms with Crippen LogP contribution >= 0.6 is 0 Å². The van der Waals surface area contributed by atoms with Gasteiger partial charge in [-0.05, 0) is 54.9 Å². The van der Waals surface area contributed by atoms with Gasteiger partial charge in [0.15, 0.2) is 5.82 Å². The minimum atomic E-state index is -0.447. The van der Waals surface area contributed by atoms with Crippen molar-refractivity contribution in [2.75, 3.05) is 5.73 Å². The lowest BCUT2D eigenvalue weighted by atomic mass is 9.96. The summed E-state index contributed by atoms with van der Waals surface area (Å²) in [5.74, 6) is 0.674. The number of anilines is 1. The fourth-order valence-electron chi connectivity index (χ4n) is 4.28. The Labute approximate surface area is 167 Å². The standard InChI is InChI=1S/C21H19FN6O/c1-10-14-7-12(22)3-4-13(14)15-5-11(15)6-16-19(18(8-23)28(2)27-16)17-9-25-20(24)21(26-17)29-10/h3-4,7,9-11,15H,5-6H2,1-2H3,(H2,24,25)/t10-,11?,15?/m1/s1. The molecule has 29 heavy (non-hydrogen) atoms. The summed E-state index contributed by atoms with van der Waals surface area (Å²) in [5.41, 5.74) is 10.3. The summed E-state index contributed by atoms with van der Waals surface area (Å²) in [6.07, 6.45) is 2.78. The topological polar surface area (TPSA) is 103 Å². The van der Waals surface area contributed by atoms with Crippen molar-refractivity contribution in [3.05, 3.63) is 52.7 Å². The SMILES string of the molecule is C[C@H]1Oc2nc(cnc2N)-c2c(nn(C)c2C#N)CC2CC2c2ccc(F)cc21. The average molecular weight is 390 g/mol. The van der Waals surface area contributed by atoms with Gasteiger partial charge in [0.1, 0.15) is 23.7 Å². The highest BCUT2D eigenvalue weighted by Crippen LogP contribution is 2.52. The molecule has 2 unspecified atom stereocenters. The lowest BCUT2D eigenvalue weighted by molar-refractivity contribution is 0.216. The molecule has 3 aromatic rings. The zero-order valence-electron chi connectivity index (χ0n) is 16.1. The normalized spacial score (nSPS) is 22.1.